The van der Waals surface area contributed by atoms with Crippen LogP contribution in [-0.4, -0.2) is 4.98 Å². The van der Waals surface area contributed by atoms with Crippen molar-refractivity contribution in [2.24, 2.45) is 0 Å². The van der Waals surface area contributed by atoms with Crippen LogP contribution in [0.1, 0.15) is 5.56 Å². The molecule has 2 nitrogen and oxygen atoms in total. The van der Waals surface area contributed by atoms with Gasteiger partial charge in [0.05, 0.1) is 11.2 Å². The molecule has 0 saturated heterocycles. The van der Waals surface area contributed by atoms with Crippen molar-refractivity contribution in [3.8, 4) is 11.3 Å². The van der Waals surface area contributed by atoms with E-state index in [-0.39, 0.29) is 5.82 Å². The van der Waals surface area contributed by atoms with Crippen molar-refractivity contribution in [1.82, 2.24) is 4.98 Å². The third kappa shape index (κ3) is 1.93. The first-order chi connectivity index (χ1) is 9.16. The van der Waals surface area contributed by atoms with Crippen molar-refractivity contribution < 1.29 is 4.39 Å². The maximum atomic E-state index is 13.3. The smallest absolute Gasteiger partial charge is 0.124 e. The Morgan fingerprint density at radius 1 is 1.05 bits per heavy atom. The van der Waals surface area contributed by atoms with Gasteiger partial charge in [-0.3, -0.25) is 0 Å². The molecule has 0 aliphatic rings. The van der Waals surface area contributed by atoms with Crippen molar-refractivity contribution in [3.05, 3.63) is 59.9 Å². The number of fused-ring (bicyclic) bond motifs is 1. The molecule has 3 heteroatoms. The second kappa shape index (κ2) is 4.35. The molecule has 2 aromatic carbocycles. The average molecular weight is 252 g/mol. The number of anilines is 1. The first kappa shape index (κ1) is 11.7. The van der Waals surface area contributed by atoms with Gasteiger partial charge in [-0.1, -0.05) is 30.3 Å². The predicted octanol–water partition coefficient (Wildman–Crippen LogP) is 3.93. The quantitative estimate of drug-likeness (QED) is 0.712. The lowest BCUT2D eigenvalue weighted by atomic mass is 10.0. The number of pyridine rings is 1. The zero-order chi connectivity index (χ0) is 13.4. The van der Waals surface area contributed by atoms with E-state index in [0.29, 0.717) is 16.6 Å². The van der Waals surface area contributed by atoms with E-state index in [1.54, 1.807) is 6.07 Å². The minimum Gasteiger partial charge on any atom is -0.398 e. The molecule has 1 heterocycles. The molecule has 0 aliphatic carbocycles. The number of hydrogen-bond donors (Lipinski definition) is 1. The SMILES string of the molecule is Cc1c(-c2ccccc2)nc2ccc(F)cc2c1N. The fraction of sp³-hybridized carbons (Fsp3) is 0.0625. The minimum absolute atomic E-state index is 0.298. The van der Waals surface area contributed by atoms with Gasteiger partial charge in [-0.2, -0.15) is 0 Å². The lowest BCUT2D eigenvalue weighted by molar-refractivity contribution is 0.629. The number of rotatable bonds is 1. The fourth-order valence-electron chi connectivity index (χ4n) is 2.23. The van der Waals surface area contributed by atoms with Gasteiger partial charge in [0.1, 0.15) is 5.82 Å². The predicted molar refractivity (Wildman–Crippen MR) is 76.3 cm³/mol. The second-order valence-electron chi connectivity index (χ2n) is 4.53. The molecule has 0 bridgehead atoms. The van der Waals surface area contributed by atoms with Crippen LogP contribution in [0.4, 0.5) is 10.1 Å². The van der Waals surface area contributed by atoms with E-state index < -0.39 is 0 Å². The summed E-state index contributed by atoms with van der Waals surface area (Å²) in [4.78, 5) is 4.60. The van der Waals surface area contributed by atoms with Gasteiger partial charge in [-0.15, -0.1) is 0 Å². The van der Waals surface area contributed by atoms with Crippen LogP contribution in [0.2, 0.25) is 0 Å². The van der Waals surface area contributed by atoms with E-state index in [1.807, 2.05) is 37.3 Å². The molecule has 2 N–H and O–H groups in total. The van der Waals surface area contributed by atoms with Gasteiger partial charge < -0.3 is 5.73 Å². The van der Waals surface area contributed by atoms with E-state index in [4.69, 9.17) is 5.73 Å². The molecule has 0 atom stereocenters. The zero-order valence-electron chi connectivity index (χ0n) is 10.5. The zero-order valence-corrected chi connectivity index (χ0v) is 10.5. The Labute approximate surface area is 110 Å². The lowest BCUT2D eigenvalue weighted by Crippen LogP contribution is -1.98. The lowest BCUT2D eigenvalue weighted by Gasteiger charge is -2.11. The summed E-state index contributed by atoms with van der Waals surface area (Å²) in [7, 11) is 0. The summed E-state index contributed by atoms with van der Waals surface area (Å²) >= 11 is 0. The minimum atomic E-state index is -0.298. The Balaban J connectivity index is 2.34. The highest BCUT2D eigenvalue weighted by Gasteiger charge is 2.11. The molecule has 0 aliphatic heterocycles. The van der Waals surface area contributed by atoms with Crippen LogP contribution in [0.5, 0.6) is 0 Å². The summed E-state index contributed by atoms with van der Waals surface area (Å²) in [5.41, 5.74) is 10.2. The molecular weight excluding hydrogens is 239 g/mol. The van der Waals surface area contributed by atoms with Crippen molar-refractivity contribution in [3.63, 3.8) is 0 Å². The summed E-state index contributed by atoms with van der Waals surface area (Å²) in [5.74, 6) is -0.298. The summed E-state index contributed by atoms with van der Waals surface area (Å²) in [6, 6.07) is 14.3. The number of benzene rings is 2. The molecule has 0 amide bonds. The second-order valence-corrected chi connectivity index (χ2v) is 4.53. The van der Waals surface area contributed by atoms with E-state index >= 15 is 0 Å². The Bertz CT molecular complexity index is 752. The van der Waals surface area contributed by atoms with E-state index in [2.05, 4.69) is 4.98 Å². The Kier molecular flexibility index (Phi) is 2.67. The van der Waals surface area contributed by atoms with E-state index in [0.717, 1.165) is 16.8 Å². The average Bonchev–Trinajstić information content (AvgIpc) is 2.44. The molecule has 94 valence electrons. The molecule has 19 heavy (non-hydrogen) atoms. The molecule has 0 spiro atoms. The van der Waals surface area contributed by atoms with Crippen molar-refractivity contribution in [2.75, 3.05) is 5.73 Å². The van der Waals surface area contributed by atoms with Crippen LogP contribution in [0.15, 0.2) is 48.5 Å². The third-order valence-corrected chi connectivity index (χ3v) is 3.29. The molecule has 0 radical (unpaired) electrons. The number of hydrogen-bond acceptors (Lipinski definition) is 2. The summed E-state index contributed by atoms with van der Waals surface area (Å²) in [6.07, 6.45) is 0. The van der Waals surface area contributed by atoms with Crippen LogP contribution in [0.25, 0.3) is 22.2 Å². The van der Waals surface area contributed by atoms with Gasteiger partial charge in [0, 0.05) is 16.6 Å². The van der Waals surface area contributed by atoms with Gasteiger partial charge in [-0.05, 0) is 30.7 Å². The van der Waals surface area contributed by atoms with Crippen LogP contribution < -0.4 is 5.73 Å². The normalized spacial score (nSPS) is 10.8. The monoisotopic (exact) mass is 252 g/mol. The van der Waals surface area contributed by atoms with Crippen LogP contribution in [-0.2, 0) is 0 Å². The fourth-order valence-corrected chi connectivity index (χ4v) is 2.23. The maximum absolute atomic E-state index is 13.3. The summed E-state index contributed by atoms with van der Waals surface area (Å²) in [5, 5.41) is 0.664. The van der Waals surface area contributed by atoms with E-state index in [1.165, 1.54) is 12.1 Å². The molecular formula is C16H13FN2. The number of nitrogens with zero attached hydrogens (tertiary/aromatic N) is 1. The largest absolute Gasteiger partial charge is 0.398 e. The molecule has 3 rings (SSSR count). The first-order valence-corrected chi connectivity index (χ1v) is 6.07. The topological polar surface area (TPSA) is 38.9 Å². The molecule has 0 saturated carbocycles. The van der Waals surface area contributed by atoms with Crippen molar-refractivity contribution in [2.45, 2.75) is 6.92 Å². The Hall–Kier alpha value is -2.42. The molecule has 3 aromatic rings. The highest BCUT2D eigenvalue weighted by molar-refractivity contribution is 5.95. The van der Waals surface area contributed by atoms with Gasteiger partial charge in [0.15, 0.2) is 0 Å². The van der Waals surface area contributed by atoms with E-state index in [9.17, 15) is 4.39 Å². The van der Waals surface area contributed by atoms with Gasteiger partial charge in [0.25, 0.3) is 0 Å². The van der Waals surface area contributed by atoms with Crippen LogP contribution in [0, 0.1) is 12.7 Å². The molecule has 0 unspecified atom stereocenters. The number of nitrogens with two attached hydrogens (primary N) is 1. The third-order valence-electron chi connectivity index (χ3n) is 3.29. The summed E-state index contributed by atoms with van der Waals surface area (Å²) < 4.78 is 13.3. The molecule has 1 aromatic heterocycles. The highest BCUT2D eigenvalue weighted by atomic mass is 19.1. The van der Waals surface area contributed by atoms with Gasteiger partial charge in [0.2, 0.25) is 0 Å². The number of aromatic nitrogens is 1. The Morgan fingerprint density at radius 3 is 2.53 bits per heavy atom. The first-order valence-electron chi connectivity index (χ1n) is 6.07. The highest BCUT2D eigenvalue weighted by Crippen LogP contribution is 2.31. The van der Waals surface area contributed by atoms with Crippen molar-refractivity contribution in [1.29, 1.82) is 0 Å². The van der Waals surface area contributed by atoms with Gasteiger partial charge >= 0.3 is 0 Å². The standard InChI is InChI=1S/C16H13FN2/c1-10-15(18)13-9-12(17)7-8-14(13)19-16(10)11-5-3-2-4-6-11/h2-9H,1H3,(H2,18,19). The van der Waals surface area contributed by atoms with Crippen molar-refractivity contribution >= 4 is 16.6 Å². The maximum Gasteiger partial charge on any atom is 0.124 e. The number of halogens is 1. The van der Waals surface area contributed by atoms with Crippen LogP contribution in [0.3, 0.4) is 0 Å². The molecule has 0 fully saturated rings. The van der Waals surface area contributed by atoms with Gasteiger partial charge in [-0.25, -0.2) is 9.37 Å². The Morgan fingerprint density at radius 2 is 1.79 bits per heavy atom. The van der Waals surface area contributed by atoms with Crippen LogP contribution >= 0.6 is 0 Å². The number of nitrogen functional groups attached to an aromatic ring is 1. The summed E-state index contributed by atoms with van der Waals surface area (Å²) in [6.45, 7) is 1.91.